The van der Waals surface area contributed by atoms with Gasteiger partial charge >= 0.3 is 0 Å². The summed E-state index contributed by atoms with van der Waals surface area (Å²) >= 11 is 11.8. The molecule has 2 atom stereocenters. The van der Waals surface area contributed by atoms with E-state index in [0.717, 1.165) is 0 Å². The molecule has 1 aromatic rings. The monoisotopic (exact) mass is 312 g/mol. The van der Waals surface area contributed by atoms with Gasteiger partial charge in [-0.1, -0.05) is 29.3 Å². The summed E-state index contributed by atoms with van der Waals surface area (Å²) < 4.78 is 0. The Morgan fingerprint density at radius 2 is 2.00 bits per heavy atom. The van der Waals surface area contributed by atoms with Crippen molar-refractivity contribution in [3.8, 4) is 0 Å². The third-order valence-corrected chi connectivity index (χ3v) is 3.64. The van der Waals surface area contributed by atoms with E-state index in [2.05, 4.69) is 17.2 Å². The van der Waals surface area contributed by atoms with E-state index in [9.17, 15) is 9.59 Å². The van der Waals surface area contributed by atoms with Crippen molar-refractivity contribution in [2.45, 2.75) is 6.42 Å². The molecule has 0 radical (unpaired) electrons. The molecule has 1 aliphatic carbocycles. The first-order valence-corrected chi connectivity index (χ1v) is 6.93. The molecule has 0 bridgehead atoms. The molecular formula is C14H14Cl2N2O2. The Hall–Kier alpha value is -1.52. The first-order chi connectivity index (χ1) is 9.52. The number of nitrogens with one attached hydrogen (secondary N) is 2. The minimum absolute atomic E-state index is 0.123. The fourth-order valence-corrected chi connectivity index (χ4v) is 2.23. The summed E-state index contributed by atoms with van der Waals surface area (Å²) in [5.41, 5.74) is 0.460. The van der Waals surface area contributed by atoms with Gasteiger partial charge in [0, 0.05) is 11.6 Å². The average molecular weight is 313 g/mol. The second-order valence-corrected chi connectivity index (χ2v) is 5.44. The molecule has 1 saturated carbocycles. The van der Waals surface area contributed by atoms with Gasteiger partial charge in [0.05, 0.1) is 22.5 Å². The molecule has 6 heteroatoms. The first-order valence-electron chi connectivity index (χ1n) is 6.17. The van der Waals surface area contributed by atoms with Crippen molar-refractivity contribution in [1.29, 1.82) is 0 Å². The van der Waals surface area contributed by atoms with E-state index in [-0.39, 0.29) is 23.7 Å². The highest BCUT2D eigenvalue weighted by Gasteiger charge is 2.47. The average Bonchev–Trinajstić information content (AvgIpc) is 3.20. The quantitative estimate of drug-likeness (QED) is 0.821. The lowest BCUT2D eigenvalue weighted by molar-refractivity contribution is -0.125. The fraction of sp³-hybridized carbons (Fsp3) is 0.286. The molecule has 20 heavy (non-hydrogen) atoms. The molecule has 2 unspecified atom stereocenters. The van der Waals surface area contributed by atoms with Gasteiger partial charge in [-0.3, -0.25) is 9.59 Å². The number of hydrogen-bond acceptors (Lipinski definition) is 2. The van der Waals surface area contributed by atoms with Crippen molar-refractivity contribution in [3.05, 3.63) is 40.9 Å². The van der Waals surface area contributed by atoms with Crippen LogP contribution >= 0.6 is 23.2 Å². The van der Waals surface area contributed by atoms with E-state index in [0.29, 0.717) is 28.7 Å². The van der Waals surface area contributed by atoms with Crippen LogP contribution in [0, 0.1) is 11.8 Å². The van der Waals surface area contributed by atoms with Gasteiger partial charge in [-0.2, -0.15) is 0 Å². The zero-order valence-corrected chi connectivity index (χ0v) is 12.2. The van der Waals surface area contributed by atoms with Gasteiger partial charge in [0.25, 0.3) is 0 Å². The van der Waals surface area contributed by atoms with Crippen molar-refractivity contribution < 1.29 is 9.59 Å². The summed E-state index contributed by atoms with van der Waals surface area (Å²) in [5.74, 6) is -0.919. The van der Waals surface area contributed by atoms with Crippen LogP contribution in [0.4, 0.5) is 5.69 Å². The third kappa shape index (κ3) is 3.52. The highest BCUT2D eigenvalue weighted by molar-refractivity contribution is 6.35. The van der Waals surface area contributed by atoms with Crippen LogP contribution in [-0.2, 0) is 9.59 Å². The summed E-state index contributed by atoms with van der Waals surface area (Å²) in [6, 6.07) is 4.83. The molecule has 2 rings (SSSR count). The second-order valence-electron chi connectivity index (χ2n) is 4.60. The second kappa shape index (κ2) is 6.29. The van der Waals surface area contributed by atoms with Crippen LogP contribution in [0.1, 0.15) is 6.42 Å². The van der Waals surface area contributed by atoms with E-state index in [1.54, 1.807) is 24.3 Å². The molecule has 0 aromatic heterocycles. The number of rotatable bonds is 5. The van der Waals surface area contributed by atoms with Gasteiger partial charge < -0.3 is 10.6 Å². The Morgan fingerprint density at radius 1 is 1.30 bits per heavy atom. The first kappa shape index (κ1) is 14.9. The summed E-state index contributed by atoms with van der Waals surface area (Å²) in [4.78, 5) is 23.7. The molecular weight excluding hydrogens is 299 g/mol. The minimum atomic E-state index is -0.310. The van der Waals surface area contributed by atoms with Crippen LogP contribution in [0.2, 0.25) is 10.0 Å². The Kier molecular flexibility index (Phi) is 4.68. The molecule has 4 nitrogen and oxygen atoms in total. The Bertz CT molecular complexity index is 560. The Labute approximate surface area is 127 Å². The van der Waals surface area contributed by atoms with Gasteiger partial charge in [0.15, 0.2) is 0 Å². The molecule has 1 aromatic carbocycles. The summed E-state index contributed by atoms with van der Waals surface area (Å²) in [7, 11) is 0. The van der Waals surface area contributed by atoms with Crippen LogP contribution in [0.5, 0.6) is 0 Å². The number of amides is 2. The van der Waals surface area contributed by atoms with Gasteiger partial charge in [-0.25, -0.2) is 0 Å². The lowest BCUT2D eigenvalue weighted by atomic mass is 10.2. The number of carbonyl (C=O) groups is 2. The maximum absolute atomic E-state index is 12.0. The van der Waals surface area contributed by atoms with Crippen molar-refractivity contribution in [1.82, 2.24) is 5.32 Å². The summed E-state index contributed by atoms with van der Waals surface area (Å²) in [5, 5.41) is 6.28. The topological polar surface area (TPSA) is 58.2 Å². The SMILES string of the molecule is C=CCNC(=O)C1CC1C(=O)Nc1cc(Cl)ccc1Cl. The van der Waals surface area contributed by atoms with Crippen molar-refractivity contribution in [2.24, 2.45) is 11.8 Å². The summed E-state index contributed by atoms with van der Waals surface area (Å²) in [6.45, 7) is 3.93. The molecule has 1 aliphatic rings. The van der Waals surface area contributed by atoms with Crippen LogP contribution in [0.15, 0.2) is 30.9 Å². The van der Waals surface area contributed by atoms with Crippen LogP contribution in [0.3, 0.4) is 0 Å². The molecule has 0 spiro atoms. The minimum Gasteiger partial charge on any atom is -0.352 e. The smallest absolute Gasteiger partial charge is 0.228 e. The van der Waals surface area contributed by atoms with Gasteiger partial charge in [0.1, 0.15) is 0 Å². The standard InChI is InChI=1S/C14H14Cl2N2O2/c1-2-5-17-13(19)9-7-10(9)14(20)18-12-6-8(15)3-4-11(12)16/h2-4,6,9-10H,1,5,7H2,(H,17,19)(H,18,20). The maximum atomic E-state index is 12.0. The van der Waals surface area contributed by atoms with Crippen molar-refractivity contribution in [3.63, 3.8) is 0 Å². The number of carbonyl (C=O) groups excluding carboxylic acids is 2. The molecule has 0 heterocycles. The maximum Gasteiger partial charge on any atom is 0.228 e. The predicted molar refractivity (Wildman–Crippen MR) is 79.9 cm³/mol. The zero-order valence-electron chi connectivity index (χ0n) is 10.7. The molecule has 106 valence electrons. The Balaban J connectivity index is 1.92. The summed E-state index contributed by atoms with van der Waals surface area (Å²) in [6.07, 6.45) is 2.15. The van der Waals surface area contributed by atoms with E-state index in [1.807, 2.05) is 0 Å². The molecule has 1 fully saturated rings. The van der Waals surface area contributed by atoms with Crippen molar-refractivity contribution in [2.75, 3.05) is 11.9 Å². The van der Waals surface area contributed by atoms with Crippen LogP contribution < -0.4 is 10.6 Å². The number of halogens is 2. The fourth-order valence-electron chi connectivity index (χ4n) is 1.90. The molecule has 2 N–H and O–H groups in total. The Morgan fingerprint density at radius 3 is 2.70 bits per heavy atom. The molecule has 2 amide bonds. The van der Waals surface area contributed by atoms with E-state index in [4.69, 9.17) is 23.2 Å². The molecule has 0 saturated heterocycles. The van der Waals surface area contributed by atoms with Gasteiger partial charge in [-0.05, 0) is 24.6 Å². The highest BCUT2D eigenvalue weighted by atomic mass is 35.5. The number of anilines is 1. The lowest BCUT2D eigenvalue weighted by Crippen LogP contribution is -2.27. The number of hydrogen-bond donors (Lipinski definition) is 2. The highest BCUT2D eigenvalue weighted by Crippen LogP contribution is 2.40. The predicted octanol–water partition coefficient (Wildman–Crippen LogP) is 2.87. The lowest BCUT2D eigenvalue weighted by Gasteiger charge is -2.07. The van der Waals surface area contributed by atoms with E-state index >= 15 is 0 Å². The third-order valence-electron chi connectivity index (χ3n) is 3.07. The van der Waals surface area contributed by atoms with Crippen molar-refractivity contribution >= 4 is 40.7 Å². The molecule has 0 aliphatic heterocycles. The van der Waals surface area contributed by atoms with Crippen LogP contribution in [0.25, 0.3) is 0 Å². The van der Waals surface area contributed by atoms with E-state index < -0.39 is 0 Å². The van der Waals surface area contributed by atoms with Crippen LogP contribution in [-0.4, -0.2) is 18.4 Å². The van der Waals surface area contributed by atoms with Gasteiger partial charge in [0.2, 0.25) is 11.8 Å². The number of benzene rings is 1. The zero-order chi connectivity index (χ0) is 14.7. The largest absolute Gasteiger partial charge is 0.352 e. The normalized spacial score (nSPS) is 20.1. The van der Waals surface area contributed by atoms with E-state index in [1.165, 1.54) is 0 Å². The van der Waals surface area contributed by atoms with Gasteiger partial charge in [-0.15, -0.1) is 6.58 Å².